The summed E-state index contributed by atoms with van der Waals surface area (Å²) < 4.78 is 30.6. The van der Waals surface area contributed by atoms with Crippen LogP contribution in [0.4, 0.5) is 5.69 Å². The van der Waals surface area contributed by atoms with E-state index in [0.717, 1.165) is 42.7 Å². The van der Waals surface area contributed by atoms with Crippen LogP contribution in [0.1, 0.15) is 39.0 Å². The quantitative estimate of drug-likeness (QED) is 0.775. The summed E-state index contributed by atoms with van der Waals surface area (Å²) in [6.07, 6.45) is 6.11. The number of hydrogen-bond acceptors (Lipinski definition) is 5. The van der Waals surface area contributed by atoms with Gasteiger partial charge in [0.1, 0.15) is 11.3 Å². The van der Waals surface area contributed by atoms with E-state index < -0.39 is 21.5 Å². The molecule has 1 aromatic rings. The van der Waals surface area contributed by atoms with Crippen molar-refractivity contribution >= 4 is 27.5 Å². The van der Waals surface area contributed by atoms with Gasteiger partial charge in [-0.3, -0.25) is 14.5 Å². The number of rotatable bonds is 5. The Morgan fingerprint density at radius 3 is 2.34 bits per heavy atom. The van der Waals surface area contributed by atoms with Crippen molar-refractivity contribution in [3.8, 4) is 5.75 Å². The van der Waals surface area contributed by atoms with Gasteiger partial charge in [-0.15, -0.1) is 0 Å². The first-order chi connectivity index (χ1) is 13.6. The molecule has 160 valence electrons. The van der Waals surface area contributed by atoms with Crippen molar-refractivity contribution in [1.82, 2.24) is 9.62 Å². The highest BCUT2D eigenvalue weighted by molar-refractivity contribution is 7.88. The third-order valence-electron chi connectivity index (χ3n) is 5.77. The van der Waals surface area contributed by atoms with Gasteiger partial charge in [0.05, 0.1) is 19.9 Å². The minimum atomic E-state index is -3.63. The Kier molecular flexibility index (Phi) is 6.19. The van der Waals surface area contributed by atoms with E-state index >= 15 is 0 Å². The van der Waals surface area contributed by atoms with E-state index in [1.54, 1.807) is 38.3 Å². The molecular formula is C20H29N3O5S. The Balaban J connectivity index is 1.96. The molecule has 1 saturated heterocycles. The molecule has 0 spiro atoms. The van der Waals surface area contributed by atoms with Gasteiger partial charge in [-0.05, 0) is 44.0 Å². The average molecular weight is 424 g/mol. The third kappa shape index (κ3) is 4.56. The first-order valence-corrected chi connectivity index (χ1v) is 11.7. The predicted octanol–water partition coefficient (Wildman–Crippen LogP) is 1.51. The molecule has 2 aliphatic rings. The van der Waals surface area contributed by atoms with Crippen LogP contribution < -0.4 is 15.0 Å². The molecule has 1 saturated carbocycles. The second-order valence-corrected chi connectivity index (χ2v) is 10.0. The average Bonchev–Trinajstić information content (AvgIpc) is 2.68. The van der Waals surface area contributed by atoms with E-state index in [4.69, 9.17) is 4.74 Å². The fourth-order valence-electron chi connectivity index (χ4n) is 4.12. The Labute approximate surface area is 172 Å². The fourth-order valence-corrected chi connectivity index (χ4v) is 4.95. The molecule has 1 aliphatic carbocycles. The number of carbonyl (C=O) groups is 2. The van der Waals surface area contributed by atoms with Crippen molar-refractivity contribution in [3.05, 3.63) is 24.3 Å². The third-order valence-corrected chi connectivity index (χ3v) is 6.96. The van der Waals surface area contributed by atoms with Crippen LogP contribution in [-0.4, -0.2) is 62.6 Å². The van der Waals surface area contributed by atoms with Crippen molar-refractivity contribution < 1.29 is 22.7 Å². The summed E-state index contributed by atoms with van der Waals surface area (Å²) in [4.78, 5) is 27.8. The molecule has 0 radical (unpaired) electrons. The van der Waals surface area contributed by atoms with E-state index in [-0.39, 0.29) is 25.0 Å². The number of carbonyl (C=O) groups excluding carboxylic acids is 2. The maximum absolute atomic E-state index is 13.4. The molecule has 1 aromatic carbocycles. The molecule has 3 rings (SSSR count). The van der Waals surface area contributed by atoms with Crippen LogP contribution in [0.3, 0.4) is 0 Å². The molecule has 8 nitrogen and oxygen atoms in total. The summed E-state index contributed by atoms with van der Waals surface area (Å²) in [5.41, 5.74) is -0.824. The van der Waals surface area contributed by atoms with Crippen LogP contribution in [0.5, 0.6) is 5.75 Å². The standard InChI is InChI=1S/C20H29N3O5S/c1-20(19(25)21-15-7-5-4-6-8-15)14-22(29(3,26)27)13-18(24)23(20)16-9-11-17(28-2)12-10-16/h9-12,15H,4-8,13-14H2,1-3H3,(H,21,25). The smallest absolute Gasteiger partial charge is 0.247 e. The van der Waals surface area contributed by atoms with E-state index in [1.165, 1.54) is 4.90 Å². The predicted molar refractivity (Wildman–Crippen MR) is 110 cm³/mol. The summed E-state index contributed by atoms with van der Waals surface area (Å²) in [6.45, 7) is 1.24. The van der Waals surface area contributed by atoms with Crippen molar-refractivity contribution in [2.24, 2.45) is 0 Å². The van der Waals surface area contributed by atoms with Gasteiger partial charge in [-0.1, -0.05) is 19.3 Å². The largest absolute Gasteiger partial charge is 0.497 e. The van der Waals surface area contributed by atoms with Crippen LogP contribution in [0.25, 0.3) is 0 Å². The number of anilines is 1. The van der Waals surface area contributed by atoms with E-state index in [0.29, 0.717) is 11.4 Å². The van der Waals surface area contributed by atoms with Gasteiger partial charge >= 0.3 is 0 Å². The molecule has 1 N–H and O–H groups in total. The Morgan fingerprint density at radius 2 is 1.79 bits per heavy atom. The number of piperazine rings is 1. The first kappa shape index (κ1) is 21.6. The number of nitrogens with one attached hydrogen (secondary N) is 1. The normalized spacial score (nSPS) is 24.4. The Bertz CT molecular complexity index is 865. The number of methoxy groups -OCH3 is 1. The van der Waals surface area contributed by atoms with Crippen LogP contribution >= 0.6 is 0 Å². The van der Waals surface area contributed by atoms with E-state index in [1.807, 2.05) is 0 Å². The first-order valence-electron chi connectivity index (χ1n) is 9.88. The van der Waals surface area contributed by atoms with Crippen molar-refractivity contribution in [2.75, 3.05) is 31.4 Å². The number of amides is 2. The molecule has 0 aromatic heterocycles. The molecule has 9 heteroatoms. The van der Waals surface area contributed by atoms with Gasteiger partial charge in [-0.2, -0.15) is 4.31 Å². The monoisotopic (exact) mass is 423 g/mol. The lowest BCUT2D eigenvalue weighted by atomic mass is 9.91. The number of sulfonamides is 1. The van der Waals surface area contributed by atoms with Gasteiger partial charge in [0.2, 0.25) is 21.8 Å². The summed E-state index contributed by atoms with van der Waals surface area (Å²) in [5, 5.41) is 3.06. The van der Waals surface area contributed by atoms with Gasteiger partial charge in [-0.25, -0.2) is 8.42 Å². The zero-order chi connectivity index (χ0) is 21.2. The second-order valence-electron chi connectivity index (χ2n) is 8.04. The Morgan fingerprint density at radius 1 is 1.17 bits per heavy atom. The fraction of sp³-hybridized carbons (Fsp3) is 0.600. The molecule has 2 fully saturated rings. The van der Waals surface area contributed by atoms with Crippen molar-refractivity contribution in [1.29, 1.82) is 0 Å². The lowest BCUT2D eigenvalue weighted by molar-refractivity contribution is -0.133. The summed E-state index contributed by atoms with van der Waals surface area (Å²) in [5.74, 6) is -0.139. The molecule has 1 aliphatic heterocycles. The second kappa shape index (κ2) is 8.31. The number of benzene rings is 1. The Hall–Kier alpha value is -2.13. The van der Waals surface area contributed by atoms with Crippen LogP contribution in [0.2, 0.25) is 0 Å². The van der Waals surface area contributed by atoms with Gasteiger partial charge in [0.25, 0.3) is 0 Å². The SMILES string of the molecule is COc1ccc(N2C(=O)CN(S(C)(=O)=O)CC2(C)C(=O)NC2CCCCC2)cc1. The van der Waals surface area contributed by atoms with Crippen molar-refractivity contribution in [2.45, 2.75) is 50.6 Å². The lowest BCUT2D eigenvalue weighted by Gasteiger charge is -2.47. The number of hydrogen-bond donors (Lipinski definition) is 1. The van der Waals surface area contributed by atoms with E-state index in [9.17, 15) is 18.0 Å². The molecule has 0 bridgehead atoms. The summed E-state index contributed by atoms with van der Waals surface area (Å²) >= 11 is 0. The topological polar surface area (TPSA) is 96.0 Å². The minimum Gasteiger partial charge on any atom is -0.497 e. The molecule has 1 atom stereocenters. The van der Waals surface area contributed by atoms with Gasteiger partial charge in [0, 0.05) is 18.3 Å². The van der Waals surface area contributed by atoms with Crippen LogP contribution in [0.15, 0.2) is 24.3 Å². The van der Waals surface area contributed by atoms with Gasteiger partial charge < -0.3 is 10.1 Å². The molecule has 1 heterocycles. The highest BCUT2D eigenvalue weighted by Crippen LogP contribution is 2.32. The number of nitrogens with zero attached hydrogens (tertiary/aromatic N) is 2. The van der Waals surface area contributed by atoms with Gasteiger partial charge in [0.15, 0.2) is 0 Å². The zero-order valence-corrected chi connectivity index (χ0v) is 18.0. The lowest BCUT2D eigenvalue weighted by Crippen LogP contribution is -2.70. The zero-order valence-electron chi connectivity index (χ0n) is 17.2. The summed E-state index contributed by atoms with van der Waals surface area (Å²) in [6, 6.07) is 6.89. The maximum atomic E-state index is 13.4. The molecular weight excluding hydrogens is 394 g/mol. The van der Waals surface area contributed by atoms with Crippen LogP contribution in [0, 0.1) is 0 Å². The van der Waals surface area contributed by atoms with Crippen molar-refractivity contribution in [3.63, 3.8) is 0 Å². The highest BCUT2D eigenvalue weighted by Gasteiger charge is 2.50. The number of ether oxygens (including phenoxy) is 1. The minimum absolute atomic E-state index is 0.0505. The molecule has 2 amide bonds. The highest BCUT2D eigenvalue weighted by atomic mass is 32.2. The van der Waals surface area contributed by atoms with Crippen LogP contribution in [-0.2, 0) is 19.6 Å². The summed E-state index contributed by atoms with van der Waals surface area (Å²) in [7, 11) is -2.08. The molecule has 29 heavy (non-hydrogen) atoms. The van der Waals surface area contributed by atoms with E-state index in [2.05, 4.69) is 5.32 Å². The maximum Gasteiger partial charge on any atom is 0.247 e. The molecule has 1 unspecified atom stereocenters.